The first kappa shape index (κ1) is 24.1. The predicted molar refractivity (Wildman–Crippen MR) is 122 cm³/mol. The molecule has 3 aromatic rings. The van der Waals surface area contributed by atoms with Crippen molar-refractivity contribution in [2.75, 3.05) is 14.1 Å². The summed E-state index contributed by atoms with van der Waals surface area (Å²) in [5.41, 5.74) is 1.42. The van der Waals surface area contributed by atoms with E-state index in [-0.39, 0.29) is 56.5 Å². The zero-order chi connectivity index (χ0) is 24.3. The number of amides is 2. The fourth-order valence-corrected chi connectivity index (χ4v) is 3.43. The number of rotatable bonds is 6. The molecule has 0 saturated heterocycles. The lowest BCUT2D eigenvalue weighted by atomic mass is 10.1. The van der Waals surface area contributed by atoms with Gasteiger partial charge in [0.15, 0.2) is 11.6 Å². The number of hydrogen-bond donors (Lipinski definition) is 2. The first-order chi connectivity index (χ1) is 15.6. The number of carbonyl (C=O) groups is 2. The van der Waals surface area contributed by atoms with Gasteiger partial charge in [0.25, 0.3) is 11.8 Å². The molecule has 10 heteroatoms. The van der Waals surface area contributed by atoms with Crippen molar-refractivity contribution < 1.29 is 18.7 Å². The lowest BCUT2D eigenvalue weighted by molar-refractivity contribution is 0.0822. The fourth-order valence-electron chi connectivity index (χ4n) is 3.02. The fraction of sp³-hybridized carbons (Fsp3) is 0.174. The molecule has 1 aromatic heterocycles. The highest BCUT2D eigenvalue weighted by Crippen LogP contribution is 2.35. The molecule has 0 aliphatic carbocycles. The number of nitriles is 1. The summed E-state index contributed by atoms with van der Waals surface area (Å²) >= 11 is 12.1. The van der Waals surface area contributed by atoms with E-state index in [1.807, 2.05) is 6.07 Å². The Morgan fingerprint density at radius 3 is 2.61 bits per heavy atom. The first-order valence-electron chi connectivity index (χ1n) is 9.65. The molecule has 2 aromatic carbocycles. The Hall–Kier alpha value is -3.54. The van der Waals surface area contributed by atoms with Crippen LogP contribution in [0.4, 0.5) is 4.39 Å². The molecule has 3 rings (SSSR count). The maximum absolute atomic E-state index is 15.1. The molecule has 33 heavy (non-hydrogen) atoms. The molecule has 0 bridgehead atoms. The van der Waals surface area contributed by atoms with Crippen molar-refractivity contribution in [2.24, 2.45) is 0 Å². The predicted octanol–water partition coefficient (Wildman–Crippen LogP) is 5.06. The molecule has 0 aliphatic heterocycles. The number of nitrogens with zero attached hydrogens (tertiary/aromatic N) is 2. The van der Waals surface area contributed by atoms with Gasteiger partial charge in [-0.25, -0.2) is 4.39 Å². The molecule has 2 amide bonds. The van der Waals surface area contributed by atoms with E-state index in [1.54, 1.807) is 27.1 Å². The van der Waals surface area contributed by atoms with Crippen LogP contribution in [-0.2, 0) is 6.54 Å². The summed E-state index contributed by atoms with van der Waals surface area (Å²) in [4.78, 5) is 28.9. The second-order valence-corrected chi connectivity index (χ2v) is 8.21. The third kappa shape index (κ3) is 5.45. The minimum atomic E-state index is -0.770. The smallest absolute Gasteiger partial charge is 0.269 e. The summed E-state index contributed by atoms with van der Waals surface area (Å²) < 4.78 is 20.7. The van der Waals surface area contributed by atoms with Crippen LogP contribution in [0.2, 0.25) is 10.0 Å². The van der Waals surface area contributed by atoms with Crippen LogP contribution in [0, 0.1) is 24.1 Å². The molecule has 7 nitrogen and oxygen atoms in total. The molecule has 170 valence electrons. The third-order valence-corrected chi connectivity index (χ3v) is 5.18. The summed E-state index contributed by atoms with van der Waals surface area (Å²) in [7, 11) is 3.21. The van der Waals surface area contributed by atoms with Crippen LogP contribution in [0.25, 0.3) is 0 Å². The highest BCUT2D eigenvalue weighted by atomic mass is 35.5. The van der Waals surface area contributed by atoms with Crippen molar-refractivity contribution >= 4 is 35.0 Å². The summed E-state index contributed by atoms with van der Waals surface area (Å²) in [5, 5.41) is 11.9. The monoisotopic (exact) mass is 488 g/mol. The van der Waals surface area contributed by atoms with Crippen LogP contribution in [-0.4, -0.2) is 35.8 Å². The molecular formula is C23H19Cl2FN4O3. The lowest BCUT2D eigenvalue weighted by Crippen LogP contribution is -2.25. The van der Waals surface area contributed by atoms with Gasteiger partial charge in [-0.1, -0.05) is 29.3 Å². The van der Waals surface area contributed by atoms with Gasteiger partial charge in [-0.05, 0) is 42.8 Å². The summed E-state index contributed by atoms with van der Waals surface area (Å²) in [6, 6.07) is 10.6. The molecule has 0 unspecified atom stereocenters. The topological polar surface area (TPSA) is 98.2 Å². The molecule has 1 heterocycles. The average molecular weight is 489 g/mol. The first-order valence-corrected chi connectivity index (χ1v) is 10.4. The van der Waals surface area contributed by atoms with Crippen LogP contribution in [0.15, 0.2) is 36.4 Å². The highest BCUT2D eigenvalue weighted by Gasteiger charge is 2.20. The molecule has 0 saturated carbocycles. The SMILES string of the molecule is Cc1cc(C(=O)N(C)C)[nH]c1C(=O)NCc1ccc(Cl)c(Oc2cc(Cl)cc(C#N)c2)c1F. The normalized spacial score (nSPS) is 10.5. The Morgan fingerprint density at radius 2 is 1.94 bits per heavy atom. The summed E-state index contributed by atoms with van der Waals surface area (Å²) in [6.45, 7) is 1.53. The Morgan fingerprint density at radius 1 is 1.21 bits per heavy atom. The van der Waals surface area contributed by atoms with Gasteiger partial charge >= 0.3 is 0 Å². The minimum Gasteiger partial charge on any atom is -0.453 e. The lowest BCUT2D eigenvalue weighted by Gasteiger charge is -2.13. The van der Waals surface area contributed by atoms with Gasteiger partial charge < -0.3 is 19.9 Å². The van der Waals surface area contributed by atoms with Gasteiger partial charge in [0.2, 0.25) is 0 Å². The highest BCUT2D eigenvalue weighted by molar-refractivity contribution is 6.32. The number of carbonyl (C=O) groups excluding carboxylic acids is 2. The largest absolute Gasteiger partial charge is 0.453 e. The molecule has 0 spiro atoms. The Balaban J connectivity index is 1.79. The molecule has 0 aliphatic rings. The third-order valence-electron chi connectivity index (χ3n) is 4.67. The van der Waals surface area contributed by atoms with E-state index in [1.165, 1.54) is 35.2 Å². The number of benzene rings is 2. The van der Waals surface area contributed by atoms with E-state index in [9.17, 15) is 9.59 Å². The van der Waals surface area contributed by atoms with E-state index < -0.39 is 11.7 Å². The van der Waals surface area contributed by atoms with Gasteiger partial charge in [-0.2, -0.15) is 5.26 Å². The van der Waals surface area contributed by atoms with Crippen LogP contribution in [0.1, 0.15) is 37.7 Å². The molecule has 0 fully saturated rings. The summed E-state index contributed by atoms with van der Waals surface area (Å²) in [6.07, 6.45) is 0. The van der Waals surface area contributed by atoms with Crippen molar-refractivity contribution in [1.82, 2.24) is 15.2 Å². The van der Waals surface area contributed by atoms with Crippen LogP contribution < -0.4 is 10.1 Å². The van der Waals surface area contributed by atoms with E-state index >= 15 is 4.39 Å². The van der Waals surface area contributed by atoms with Crippen molar-refractivity contribution in [3.8, 4) is 17.6 Å². The van der Waals surface area contributed by atoms with E-state index in [0.717, 1.165) is 0 Å². The number of halogens is 3. The van der Waals surface area contributed by atoms with Gasteiger partial charge in [0, 0.05) is 31.2 Å². The van der Waals surface area contributed by atoms with Crippen LogP contribution in [0.5, 0.6) is 11.5 Å². The standard InChI is InChI=1S/C23H19Cl2FN4O3/c1-12-6-18(23(32)30(2)3)29-20(12)22(31)28-11-14-4-5-17(25)21(19(14)26)33-16-8-13(10-27)7-15(24)9-16/h4-9,29H,11H2,1-3H3,(H,28,31). The van der Waals surface area contributed by atoms with Crippen molar-refractivity contribution in [2.45, 2.75) is 13.5 Å². The molecule has 2 N–H and O–H groups in total. The van der Waals surface area contributed by atoms with Gasteiger partial charge in [0.1, 0.15) is 17.1 Å². The van der Waals surface area contributed by atoms with E-state index in [4.69, 9.17) is 33.2 Å². The number of hydrogen-bond acceptors (Lipinski definition) is 4. The number of aromatic amines is 1. The minimum absolute atomic E-state index is 0.00751. The maximum atomic E-state index is 15.1. The van der Waals surface area contributed by atoms with Gasteiger partial charge in [-0.3, -0.25) is 9.59 Å². The van der Waals surface area contributed by atoms with Crippen molar-refractivity contribution in [3.05, 3.63) is 80.3 Å². The molecule has 0 atom stereocenters. The Labute approximate surface area is 199 Å². The number of H-pyrrole nitrogens is 1. The number of nitrogens with one attached hydrogen (secondary N) is 2. The molecule has 0 radical (unpaired) electrons. The maximum Gasteiger partial charge on any atom is 0.269 e. The van der Waals surface area contributed by atoms with Crippen LogP contribution in [0.3, 0.4) is 0 Å². The summed E-state index contributed by atoms with van der Waals surface area (Å²) in [5.74, 6) is -1.67. The van der Waals surface area contributed by atoms with Crippen molar-refractivity contribution in [3.63, 3.8) is 0 Å². The zero-order valence-electron chi connectivity index (χ0n) is 17.9. The molecular weight excluding hydrogens is 470 g/mol. The number of aromatic nitrogens is 1. The zero-order valence-corrected chi connectivity index (χ0v) is 19.4. The number of ether oxygens (including phenoxy) is 1. The van der Waals surface area contributed by atoms with Crippen molar-refractivity contribution in [1.29, 1.82) is 5.26 Å². The quantitative estimate of drug-likeness (QED) is 0.506. The number of aryl methyl sites for hydroxylation is 1. The van der Waals surface area contributed by atoms with Crippen LogP contribution >= 0.6 is 23.2 Å². The second-order valence-electron chi connectivity index (χ2n) is 7.36. The average Bonchev–Trinajstić information content (AvgIpc) is 3.16. The Kier molecular flexibility index (Phi) is 7.26. The van der Waals surface area contributed by atoms with Gasteiger partial charge in [-0.15, -0.1) is 0 Å². The van der Waals surface area contributed by atoms with E-state index in [0.29, 0.717) is 5.56 Å². The van der Waals surface area contributed by atoms with E-state index in [2.05, 4.69) is 10.3 Å². The Bertz CT molecular complexity index is 1280. The second kappa shape index (κ2) is 9.94. The van der Waals surface area contributed by atoms with Gasteiger partial charge in [0.05, 0.1) is 16.7 Å².